The molecule has 3 aromatic heterocycles. The van der Waals surface area contributed by atoms with E-state index in [0.717, 1.165) is 12.1 Å². The smallest absolute Gasteiger partial charge is 0.325 e. The Balaban J connectivity index is 1.61. The summed E-state index contributed by atoms with van der Waals surface area (Å²) in [6.07, 6.45) is 9.68. The molecule has 0 fully saturated rings. The van der Waals surface area contributed by atoms with Crippen LogP contribution in [0.25, 0.3) is 0 Å². The first-order valence-electron chi connectivity index (χ1n) is 7.63. The maximum absolute atomic E-state index is 12.2. The summed E-state index contributed by atoms with van der Waals surface area (Å²) in [6, 6.07) is 0. The van der Waals surface area contributed by atoms with Gasteiger partial charge in [-0.1, -0.05) is 0 Å². The van der Waals surface area contributed by atoms with Crippen molar-refractivity contribution in [2.75, 3.05) is 5.32 Å². The van der Waals surface area contributed by atoms with Gasteiger partial charge in [-0.05, 0) is 6.92 Å². The number of carbonyl (C=O) groups excluding carboxylic acids is 1. The number of aliphatic carboxylic acids is 1. The SMILES string of the molecule is CCn1cc(Cn2cc(NC(=O)c3cnn(CC(=O)O)c3)cn2)cn1. The van der Waals surface area contributed by atoms with Crippen LogP contribution in [-0.2, 0) is 24.4 Å². The van der Waals surface area contributed by atoms with Gasteiger partial charge in [-0.3, -0.25) is 23.6 Å². The standard InChI is InChI=1S/C15H17N7O3/c1-2-20-6-11(3-16-20)7-21-9-13(5-18-21)19-15(25)12-4-17-22(8-12)10-14(23)24/h3-6,8-9H,2,7,10H2,1H3,(H,19,25)(H,23,24). The lowest BCUT2D eigenvalue weighted by Gasteiger charge is -2.00. The number of carboxylic acid groups (broad SMARTS) is 1. The lowest BCUT2D eigenvalue weighted by atomic mass is 10.3. The number of carboxylic acids is 1. The molecule has 0 atom stereocenters. The maximum Gasteiger partial charge on any atom is 0.325 e. The number of carbonyl (C=O) groups is 2. The third-order valence-electron chi connectivity index (χ3n) is 3.44. The zero-order chi connectivity index (χ0) is 17.8. The van der Waals surface area contributed by atoms with E-state index >= 15 is 0 Å². The minimum atomic E-state index is -1.03. The first-order chi connectivity index (χ1) is 12.0. The average Bonchev–Trinajstić information content (AvgIpc) is 3.28. The van der Waals surface area contributed by atoms with Crippen LogP contribution in [0.5, 0.6) is 0 Å². The Kier molecular flexibility index (Phi) is 4.59. The van der Waals surface area contributed by atoms with Crippen LogP contribution in [0, 0.1) is 0 Å². The van der Waals surface area contributed by atoms with Gasteiger partial charge in [0.25, 0.3) is 5.91 Å². The molecule has 0 unspecified atom stereocenters. The first kappa shape index (κ1) is 16.4. The monoisotopic (exact) mass is 343 g/mol. The van der Waals surface area contributed by atoms with E-state index in [2.05, 4.69) is 20.6 Å². The Hall–Kier alpha value is -3.43. The Morgan fingerprint density at radius 2 is 1.80 bits per heavy atom. The molecule has 0 aromatic carbocycles. The summed E-state index contributed by atoms with van der Waals surface area (Å²) in [5.74, 6) is -1.40. The number of nitrogens with one attached hydrogen (secondary N) is 1. The van der Waals surface area contributed by atoms with Gasteiger partial charge in [0.05, 0.1) is 36.4 Å². The van der Waals surface area contributed by atoms with Crippen molar-refractivity contribution < 1.29 is 14.7 Å². The molecule has 1 amide bonds. The van der Waals surface area contributed by atoms with Gasteiger partial charge >= 0.3 is 5.97 Å². The molecule has 10 heteroatoms. The molecule has 0 bridgehead atoms. The van der Waals surface area contributed by atoms with E-state index in [1.165, 1.54) is 17.1 Å². The van der Waals surface area contributed by atoms with Gasteiger partial charge in [-0.2, -0.15) is 15.3 Å². The van der Waals surface area contributed by atoms with E-state index in [9.17, 15) is 9.59 Å². The normalized spacial score (nSPS) is 10.8. The second kappa shape index (κ2) is 6.99. The number of amides is 1. The van der Waals surface area contributed by atoms with Crippen molar-refractivity contribution in [2.45, 2.75) is 26.6 Å². The fourth-order valence-electron chi connectivity index (χ4n) is 2.27. The third-order valence-corrected chi connectivity index (χ3v) is 3.44. The lowest BCUT2D eigenvalue weighted by Crippen LogP contribution is -2.11. The fourth-order valence-corrected chi connectivity index (χ4v) is 2.27. The number of hydrogen-bond donors (Lipinski definition) is 2. The molecule has 0 aliphatic heterocycles. The summed E-state index contributed by atoms with van der Waals surface area (Å²) in [7, 11) is 0. The van der Waals surface area contributed by atoms with Crippen molar-refractivity contribution in [3.8, 4) is 0 Å². The lowest BCUT2D eigenvalue weighted by molar-refractivity contribution is -0.137. The predicted molar refractivity (Wildman–Crippen MR) is 87.0 cm³/mol. The number of nitrogens with zero attached hydrogens (tertiary/aromatic N) is 6. The summed E-state index contributed by atoms with van der Waals surface area (Å²) < 4.78 is 4.71. The van der Waals surface area contributed by atoms with Gasteiger partial charge in [0.15, 0.2) is 0 Å². The van der Waals surface area contributed by atoms with Crippen molar-refractivity contribution in [2.24, 2.45) is 0 Å². The molecule has 3 aromatic rings. The topological polar surface area (TPSA) is 120 Å². The predicted octanol–water partition coefficient (Wildman–Crippen LogP) is 0.681. The number of hydrogen-bond acceptors (Lipinski definition) is 5. The molecule has 3 heterocycles. The zero-order valence-corrected chi connectivity index (χ0v) is 13.5. The first-order valence-corrected chi connectivity index (χ1v) is 7.63. The molecular weight excluding hydrogens is 326 g/mol. The Bertz CT molecular complexity index is 892. The number of aryl methyl sites for hydroxylation is 1. The molecule has 130 valence electrons. The zero-order valence-electron chi connectivity index (χ0n) is 13.5. The van der Waals surface area contributed by atoms with E-state index in [-0.39, 0.29) is 18.0 Å². The van der Waals surface area contributed by atoms with Crippen molar-refractivity contribution in [3.05, 3.63) is 48.3 Å². The van der Waals surface area contributed by atoms with Crippen molar-refractivity contribution in [1.82, 2.24) is 29.3 Å². The summed E-state index contributed by atoms with van der Waals surface area (Å²) >= 11 is 0. The Labute approximate surface area is 142 Å². The van der Waals surface area contributed by atoms with Crippen LogP contribution in [0.2, 0.25) is 0 Å². The highest BCUT2D eigenvalue weighted by Gasteiger charge is 2.11. The fraction of sp³-hybridized carbons (Fsp3) is 0.267. The van der Waals surface area contributed by atoms with Gasteiger partial charge in [0, 0.05) is 30.7 Å². The number of aromatic nitrogens is 6. The molecule has 0 saturated heterocycles. The van der Waals surface area contributed by atoms with Crippen LogP contribution >= 0.6 is 0 Å². The Morgan fingerprint density at radius 3 is 2.52 bits per heavy atom. The Morgan fingerprint density at radius 1 is 1.04 bits per heavy atom. The third kappa shape index (κ3) is 4.10. The van der Waals surface area contributed by atoms with Gasteiger partial charge in [0.2, 0.25) is 0 Å². The summed E-state index contributed by atoms with van der Waals surface area (Å²) in [4.78, 5) is 22.8. The molecule has 25 heavy (non-hydrogen) atoms. The van der Waals surface area contributed by atoms with E-state index in [4.69, 9.17) is 5.11 Å². The largest absolute Gasteiger partial charge is 0.480 e. The van der Waals surface area contributed by atoms with Crippen LogP contribution in [0.15, 0.2) is 37.2 Å². The van der Waals surface area contributed by atoms with E-state index < -0.39 is 5.97 Å². The molecular formula is C15H17N7O3. The van der Waals surface area contributed by atoms with Crippen molar-refractivity contribution in [3.63, 3.8) is 0 Å². The molecule has 0 radical (unpaired) electrons. The van der Waals surface area contributed by atoms with Crippen LogP contribution in [0.1, 0.15) is 22.8 Å². The highest BCUT2D eigenvalue weighted by atomic mass is 16.4. The number of rotatable bonds is 7. The second-order valence-corrected chi connectivity index (χ2v) is 5.41. The molecule has 3 rings (SSSR count). The van der Waals surface area contributed by atoms with Gasteiger partial charge < -0.3 is 10.4 Å². The number of anilines is 1. The van der Waals surface area contributed by atoms with Gasteiger partial charge in [0.1, 0.15) is 6.54 Å². The molecule has 0 saturated carbocycles. The molecule has 0 spiro atoms. The maximum atomic E-state index is 12.2. The van der Waals surface area contributed by atoms with Crippen LogP contribution in [0.4, 0.5) is 5.69 Å². The minimum Gasteiger partial charge on any atom is -0.480 e. The van der Waals surface area contributed by atoms with Gasteiger partial charge in [-0.15, -0.1) is 0 Å². The molecule has 0 aliphatic carbocycles. The second-order valence-electron chi connectivity index (χ2n) is 5.41. The van der Waals surface area contributed by atoms with E-state index in [1.54, 1.807) is 23.3 Å². The summed E-state index contributed by atoms with van der Waals surface area (Å²) in [5, 5.41) is 23.7. The summed E-state index contributed by atoms with van der Waals surface area (Å²) in [6.45, 7) is 3.07. The minimum absolute atomic E-state index is 0.276. The van der Waals surface area contributed by atoms with Crippen molar-refractivity contribution in [1.29, 1.82) is 0 Å². The van der Waals surface area contributed by atoms with E-state index in [0.29, 0.717) is 12.2 Å². The van der Waals surface area contributed by atoms with E-state index in [1.807, 2.05) is 17.8 Å². The quantitative estimate of drug-likeness (QED) is 0.651. The van der Waals surface area contributed by atoms with Crippen LogP contribution in [0.3, 0.4) is 0 Å². The van der Waals surface area contributed by atoms with Gasteiger partial charge in [-0.25, -0.2) is 0 Å². The molecule has 2 N–H and O–H groups in total. The highest BCUT2D eigenvalue weighted by molar-refractivity contribution is 6.03. The summed E-state index contributed by atoms with van der Waals surface area (Å²) in [5.41, 5.74) is 1.83. The average molecular weight is 343 g/mol. The highest BCUT2D eigenvalue weighted by Crippen LogP contribution is 2.10. The molecule has 0 aliphatic rings. The van der Waals surface area contributed by atoms with Crippen LogP contribution in [-0.4, -0.2) is 46.3 Å². The van der Waals surface area contributed by atoms with Crippen LogP contribution < -0.4 is 5.32 Å². The van der Waals surface area contributed by atoms with Crippen molar-refractivity contribution >= 4 is 17.6 Å². The molecule has 10 nitrogen and oxygen atoms in total.